The smallest absolute Gasteiger partial charge is 0.227 e. The molecule has 16 heavy (non-hydrogen) atoms. The van der Waals surface area contributed by atoms with E-state index in [1.54, 1.807) is 0 Å². The lowest BCUT2D eigenvalue weighted by molar-refractivity contribution is -0.131. The second-order valence-corrected chi connectivity index (χ2v) is 5.69. The van der Waals surface area contributed by atoms with Gasteiger partial charge in [0.2, 0.25) is 5.91 Å². The van der Waals surface area contributed by atoms with Gasteiger partial charge in [-0.25, -0.2) is 0 Å². The molecule has 2 saturated carbocycles. The topological polar surface area (TPSA) is 55.1 Å². The predicted molar refractivity (Wildman–Crippen MR) is 64.9 cm³/mol. The zero-order valence-electron chi connectivity index (χ0n) is 10.3. The SMILES string of the molecule is CC1CC1NC(=O)C1(CN)CCCCCC1. The van der Waals surface area contributed by atoms with Gasteiger partial charge < -0.3 is 11.1 Å². The minimum atomic E-state index is -0.251. The number of rotatable bonds is 3. The van der Waals surface area contributed by atoms with Crippen molar-refractivity contribution in [1.29, 1.82) is 0 Å². The maximum absolute atomic E-state index is 12.3. The number of carbonyl (C=O) groups excluding carboxylic acids is 1. The molecule has 2 aliphatic carbocycles. The lowest BCUT2D eigenvalue weighted by Crippen LogP contribution is -2.46. The molecule has 2 rings (SSSR count). The lowest BCUT2D eigenvalue weighted by Gasteiger charge is -2.30. The minimum Gasteiger partial charge on any atom is -0.353 e. The largest absolute Gasteiger partial charge is 0.353 e. The molecule has 0 aromatic rings. The maximum atomic E-state index is 12.3. The van der Waals surface area contributed by atoms with Gasteiger partial charge in [0, 0.05) is 12.6 Å². The summed E-state index contributed by atoms with van der Waals surface area (Å²) in [6, 6.07) is 0.430. The van der Waals surface area contributed by atoms with Gasteiger partial charge in [-0.15, -0.1) is 0 Å². The molecule has 2 unspecified atom stereocenters. The molecule has 0 bridgehead atoms. The normalized spacial score (nSPS) is 32.9. The summed E-state index contributed by atoms with van der Waals surface area (Å²) in [5, 5.41) is 3.17. The molecule has 0 aromatic carbocycles. The summed E-state index contributed by atoms with van der Waals surface area (Å²) < 4.78 is 0. The van der Waals surface area contributed by atoms with Crippen LogP contribution in [-0.2, 0) is 4.79 Å². The van der Waals surface area contributed by atoms with Crippen molar-refractivity contribution in [2.75, 3.05) is 6.54 Å². The average molecular weight is 224 g/mol. The average Bonchev–Trinajstić information content (AvgIpc) is 3.01. The van der Waals surface area contributed by atoms with Crippen molar-refractivity contribution in [3.63, 3.8) is 0 Å². The van der Waals surface area contributed by atoms with Crippen molar-refractivity contribution in [2.24, 2.45) is 17.1 Å². The Labute approximate surface area is 98.2 Å². The van der Waals surface area contributed by atoms with Gasteiger partial charge in [-0.05, 0) is 25.2 Å². The molecule has 0 radical (unpaired) electrons. The van der Waals surface area contributed by atoms with Gasteiger partial charge in [-0.3, -0.25) is 4.79 Å². The van der Waals surface area contributed by atoms with Gasteiger partial charge in [0.15, 0.2) is 0 Å². The third-order valence-corrected chi connectivity index (χ3v) is 4.36. The van der Waals surface area contributed by atoms with Crippen molar-refractivity contribution in [1.82, 2.24) is 5.32 Å². The third kappa shape index (κ3) is 2.40. The summed E-state index contributed by atoms with van der Waals surface area (Å²) in [5.41, 5.74) is 5.63. The van der Waals surface area contributed by atoms with E-state index in [0.717, 1.165) is 32.1 Å². The maximum Gasteiger partial charge on any atom is 0.227 e. The van der Waals surface area contributed by atoms with Gasteiger partial charge in [0.1, 0.15) is 0 Å². The van der Waals surface area contributed by atoms with E-state index in [0.29, 0.717) is 18.5 Å². The van der Waals surface area contributed by atoms with E-state index < -0.39 is 0 Å². The van der Waals surface area contributed by atoms with Crippen LogP contribution in [0, 0.1) is 11.3 Å². The van der Waals surface area contributed by atoms with E-state index >= 15 is 0 Å². The minimum absolute atomic E-state index is 0.228. The van der Waals surface area contributed by atoms with Gasteiger partial charge in [0.25, 0.3) is 0 Å². The highest BCUT2D eigenvalue weighted by Gasteiger charge is 2.41. The van der Waals surface area contributed by atoms with Crippen molar-refractivity contribution in [2.45, 2.75) is 57.9 Å². The van der Waals surface area contributed by atoms with Gasteiger partial charge in [-0.2, -0.15) is 0 Å². The molecule has 2 aliphatic rings. The first kappa shape index (κ1) is 11.9. The number of nitrogens with one attached hydrogen (secondary N) is 1. The number of carbonyl (C=O) groups is 1. The first-order valence-electron chi connectivity index (χ1n) is 6.69. The summed E-state index contributed by atoms with van der Waals surface area (Å²) in [7, 11) is 0. The van der Waals surface area contributed by atoms with E-state index in [1.165, 1.54) is 12.8 Å². The molecule has 0 heterocycles. The molecule has 0 aliphatic heterocycles. The molecular formula is C13H24N2O. The molecule has 3 N–H and O–H groups in total. The molecule has 1 amide bonds. The van der Waals surface area contributed by atoms with E-state index in [9.17, 15) is 4.79 Å². The summed E-state index contributed by atoms with van der Waals surface area (Å²) in [5.74, 6) is 0.899. The highest BCUT2D eigenvalue weighted by atomic mass is 16.2. The molecule has 2 fully saturated rings. The van der Waals surface area contributed by atoms with Crippen LogP contribution in [0.25, 0.3) is 0 Å². The van der Waals surface area contributed by atoms with Crippen LogP contribution >= 0.6 is 0 Å². The quantitative estimate of drug-likeness (QED) is 0.718. The second-order valence-electron chi connectivity index (χ2n) is 5.69. The number of nitrogens with two attached hydrogens (primary N) is 1. The molecule has 92 valence electrons. The molecule has 2 atom stereocenters. The van der Waals surface area contributed by atoms with Gasteiger partial charge in [-0.1, -0.05) is 32.6 Å². The van der Waals surface area contributed by atoms with Crippen molar-refractivity contribution in [3.05, 3.63) is 0 Å². The molecule has 3 heteroatoms. The molecule has 3 nitrogen and oxygen atoms in total. The van der Waals surface area contributed by atoms with Crippen LogP contribution in [0.15, 0.2) is 0 Å². The fourth-order valence-corrected chi connectivity index (χ4v) is 2.77. The summed E-state index contributed by atoms with van der Waals surface area (Å²) in [6.07, 6.45) is 7.94. The Morgan fingerprint density at radius 1 is 1.31 bits per heavy atom. The Morgan fingerprint density at radius 2 is 1.88 bits per heavy atom. The Morgan fingerprint density at radius 3 is 2.31 bits per heavy atom. The summed E-state index contributed by atoms with van der Waals surface area (Å²) in [4.78, 5) is 12.3. The van der Waals surface area contributed by atoms with Crippen LogP contribution in [0.3, 0.4) is 0 Å². The molecule has 0 spiro atoms. The Bertz CT molecular complexity index is 257. The second kappa shape index (κ2) is 4.74. The summed E-state index contributed by atoms with van der Waals surface area (Å²) in [6.45, 7) is 2.70. The van der Waals surface area contributed by atoms with Crippen molar-refractivity contribution in [3.8, 4) is 0 Å². The zero-order valence-corrected chi connectivity index (χ0v) is 10.3. The molecular weight excluding hydrogens is 200 g/mol. The Balaban J connectivity index is 1.97. The van der Waals surface area contributed by atoms with Crippen LogP contribution < -0.4 is 11.1 Å². The molecule has 0 aromatic heterocycles. The van der Waals surface area contributed by atoms with Crippen LogP contribution in [0.5, 0.6) is 0 Å². The summed E-state index contributed by atoms with van der Waals surface area (Å²) >= 11 is 0. The van der Waals surface area contributed by atoms with E-state index in [4.69, 9.17) is 5.73 Å². The predicted octanol–water partition coefficient (Wildman–Crippen LogP) is 1.81. The van der Waals surface area contributed by atoms with Crippen LogP contribution in [0.1, 0.15) is 51.9 Å². The number of hydrogen-bond acceptors (Lipinski definition) is 2. The Kier molecular flexibility index (Phi) is 3.53. The van der Waals surface area contributed by atoms with E-state index in [2.05, 4.69) is 12.2 Å². The van der Waals surface area contributed by atoms with E-state index in [-0.39, 0.29) is 11.3 Å². The van der Waals surface area contributed by atoms with Crippen molar-refractivity contribution >= 4 is 5.91 Å². The van der Waals surface area contributed by atoms with E-state index in [1.807, 2.05) is 0 Å². The van der Waals surface area contributed by atoms with Crippen LogP contribution in [-0.4, -0.2) is 18.5 Å². The standard InChI is InChI=1S/C13H24N2O/c1-10-8-11(10)15-12(16)13(9-14)6-4-2-3-5-7-13/h10-11H,2-9,14H2,1H3,(H,15,16). The van der Waals surface area contributed by atoms with Crippen molar-refractivity contribution < 1.29 is 4.79 Å². The molecule has 0 saturated heterocycles. The van der Waals surface area contributed by atoms with Crippen LogP contribution in [0.2, 0.25) is 0 Å². The first-order chi connectivity index (χ1) is 7.68. The number of hydrogen-bond donors (Lipinski definition) is 2. The van der Waals surface area contributed by atoms with Gasteiger partial charge in [0.05, 0.1) is 5.41 Å². The number of amides is 1. The third-order valence-electron chi connectivity index (χ3n) is 4.36. The van der Waals surface area contributed by atoms with Crippen LogP contribution in [0.4, 0.5) is 0 Å². The monoisotopic (exact) mass is 224 g/mol. The zero-order chi connectivity index (χ0) is 11.6. The highest BCUT2D eigenvalue weighted by molar-refractivity contribution is 5.83. The fourth-order valence-electron chi connectivity index (χ4n) is 2.77. The Hall–Kier alpha value is -0.570. The highest BCUT2D eigenvalue weighted by Crippen LogP contribution is 2.36. The lowest BCUT2D eigenvalue weighted by atomic mass is 9.79. The van der Waals surface area contributed by atoms with Gasteiger partial charge >= 0.3 is 0 Å². The fraction of sp³-hybridized carbons (Fsp3) is 0.923. The first-order valence-corrected chi connectivity index (χ1v) is 6.69.